The number of benzene rings is 2. The molecular weight excluding hydrogens is 450 g/mol. The number of fused-ring (bicyclic) bond motifs is 1. The number of hydrogen-bond acceptors (Lipinski definition) is 4. The Morgan fingerprint density at radius 1 is 0.882 bits per heavy atom. The largest absolute Gasteiger partial charge is 0.343 e. The van der Waals surface area contributed by atoms with E-state index in [-0.39, 0.29) is 36.1 Å². The number of amides is 2. The molecule has 2 aliphatic rings. The normalized spacial score (nSPS) is 16.3. The lowest BCUT2D eigenvalue weighted by Gasteiger charge is -2.21. The van der Waals surface area contributed by atoms with Crippen LogP contribution in [0.1, 0.15) is 55.2 Å². The number of hydrogen-bond donors (Lipinski definition) is 1. The van der Waals surface area contributed by atoms with Crippen molar-refractivity contribution in [2.24, 2.45) is 0 Å². The van der Waals surface area contributed by atoms with E-state index in [1.807, 2.05) is 36.1 Å². The summed E-state index contributed by atoms with van der Waals surface area (Å²) in [6, 6.07) is 12.6. The molecule has 2 heterocycles. The number of likely N-dealkylation sites (tertiary alicyclic amines) is 1. The third kappa shape index (κ3) is 5.85. The van der Waals surface area contributed by atoms with E-state index in [2.05, 4.69) is 4.72 Å². The Bertz CT molecular complexity index is 1140. The molecule has 7 nitrogen and oxygen atoms in total. The Morgan fingerprint density at radius 2 is 1.56 bits per heavy atom. The first-order valence-electron chi connectivity index (χ1n) is 12.1. The summed E-state index contributed by atoms with van der Waals surface area (Å²) < 4.78 is 28.3. The van der Waals surface area contributed by atoms with Crippen molar-refractivity contribution in [2.45, 2.75) is 63.3 Å². The Kier molecular flexibility index (Phi) is 7.68. The lowest BCUT2D eigenvalue weighted by atomic mass is 10.1. The molecule has 2 aromatic carbocycles. The van der Waals surface area contributed by atoms with E-state index < -0.39 is 10.0 Å². The van der Waals surface area contributed by atoms with Crippen LogP contribution in [0.3, 0.4) is 0 Å². The maximum Gasteiger partial charge on any atom is 0.240 e. The third-order valence-corrected chi connectivity index (χ3v) is 8.06. The highest BCUT2D eigenvalue weighted by atomic mass is 32.2. The smallest absolute Gasteiger partial charge is 0.240 e. The molecule has 0 aromatic heterocycles. The fourth-order valence-corrected chi connectivity index (χ4v) is 5.67. The van der Waals surface area contributed by atoms with E-state index in [0.717, 1.165) is 61.2 Å². The van der Waals surface area contributed by atoms with Crippen molar-refractivity contribution in [1.29, 1.82) is 0 Å². The number of rotatable bonds is 7. The molecule has 2 aromatic rings. The molecule has 2 aliphatic heterocycles. The summed E-state index contributed by atoms with van der Waals surface area (Å²) in [6.07, 6.45) is 5.38. The molecule has 0 aliphatic carbocycles. The summed E-state index contributed by atoms with van der Waals surface area (Å²) in [7, 11) is -3.67. The number of sulfonamides is 1. The molecule has 1 saturated heterocycles. The van der Waals surface area contributed by atoms with Crippen LogP contribution in [-0.4, -0.2) is 44.8 Å². The molecule has 2 amide bonds. The molecule has 8 heteroatoms. The van der Waals surface area contributed by atoms with Crippen LogP contribution in [0.25, 0.3) is 0 Å². The van der Waals surface area contributed by atoms with Crippen molar-refractivity contribution >= 4 is 27.5 Å². The maximum atomic E-state index is 12.9. The zero-order valence-corrected chi connectivity index (χ0v) is 20.6. The lowest BCUT2D eigenvalue weighted by molar-refractivity contribution is -0.133. The van der Waals surface area contributed by atoms with Gasteiger partial charge in [-0.05, 0) is 55.5 Å². The lowest BCUT2D eigenvalue weighted by Crippen LogP contribution is -2.34. The molecule has 1 fully saturated rings. The molecule has 0 atom stereocenters. The molecule has 0 bridgehead atoms. The van der Waals surface area contributed by atoms with Crippen LogP contribution in [0.2, 0.25) is 0 Å². The minimum atomic E-state index is -3.67. The number of anilines is 1. The highest BCUT2D eigenvalue weighted by Gasteiger charge is 2.27. The van der Waals surface area contributed by atoms with E-state index in [0.29, 0.717) is 13.0 Å². The zero-order chi connectivity index (χ0) is 24.1. The number of aryl methyl sites for hydroxylation is 1. The summed E-state index contributed by atoms with van der Waals surface area (Å²) in [6.45, 7) is 4.28. The highest BCUT2D eigenvalue weighted by molar-refractivity contribution is 7.89. The fourth-order valence-electron chi connectivity index (χ4n) is 4.60. The van der Waals surface area contributed by atoms with Gasteiger partial charge in [-0.3, -0.25) is 9.59 Å². The van der Waals surface area contributed by atoms with Crippen molar-refractivity contribution in [3.05, 3.63) is 59.2 Å². The molecule has 0 spiro atoms. The van der Waals surface area contributed by atoms with Gasteiger partial charge in [-0.2, -0.15) is 0 Å². The Labute approximate surface area is 202 Å². The number of carbonyl (C=O) groups excluding carboxylic acids is 2. The van der Waals surface area contributed by atoms with Crippen molar-refractivity contribution in [1.82, 2.24) is 9.62 Å². The van der Waals surface area contributed by atoms with Crippen molar-refractivity contribution < 1.29 is 18.0 Å². The van der Waals surface area contributed by atoms with E-state index in [4.69, 9.17) is 0 Å². The van der Waals surface area contributed by atoms with Crippen molar-refractivity contribution in [2.75, 3.05) is 24.5 Å². The van der Waals surface area contributed by atoms with Crippen LogP contribution in [0.5, 0.6) is 0 Å². The first-order chi connectivity index (χ1) is 16.3. The first kappa shape index (κ1) is 24.4. The summed E-state index contributed by atoms with van der Waals surface area (Å²) in [5.74, 6) is -0.0363. The molecule has 4 rings (SSSR count). The van der Waals surface area contributed by atoms with E-state index >= 15 is 0 Å². The molecule has 0 unspecified atom stereocenters. The standard InChI is InChI=1S/C26H33N3O4S/c1-20-6-8-21(9-7-20)19-27-34(32,33)23-10-11-24-22(18-23)14-17-29(24)26(31)13-12-25(30)28-15-4-2-3-5-16-28/h6-11,18,27H,2-5,12-17,19H2,1H3. The first-order valence-corrected chi connectivity index (χ1v) is 13.6. The maximum absolute atomic E-state index is 12.9. The van der Waals surface area contributed by atoms with Gasteiger partial charge in [0.25, 0.3) is 0 Å². The van der Waals surface area contributed by atoms with Gasteiger partial charge in [0.05, 0.1) is 4.90 Å². The summed E-state index contributed by atoms with van der Waals surface area (Å²) in [4.78, 5) is 29.2. The second-order valence-electron chi connectivity index (χ2n) is 9.19. The minimum absolute atomic E-state index is 0.0516. The fraction of sp³-hybridized carbons (Fsp3) is 0.462. The average molecular weight is 484 g/mol. The van der Waals surface area contributed by atoms with E-state index in [9.17, 15) is 18.0 Å². The van der Waals surface area contributed by atoms with E-state index in [1.165, 1.54) is 0 Å². The Hall–Kier alpha value is -2.71. The van der Waals surface area contributed by atoms with Crippen LogP contribution < -0.4 is 9.62 Å². The highest BCUT2D eigenvalue weighted by Crippen LogP contribution is 2.31. The second kappa shape index (κ2) is 10.7. The van der Waals surface area contributed by atoms with Crippen LogP contribution in [0.4, 0.5) is 5.69 Å². The minimum Gasteiger partial charge on any atom is -0.343 e. The van der Waals surface area contributed by atoms with E-state index in [1.54, 1.807) is 23.1 Å². The molecule has 34 heavy (non-hydrogen) atoms. The zero-order valence-electron chi connectivity index (χ0n) is 19.8. The van der Waals surface area contributed by atoms with Crippen LogP contribution >= 0.6 is 0 Å². The summed E-state index contributed by atoms with van der Waals surface area (Å²) >= 11 is 0. The number of carbonyl (C=O) groups is 2. The van der Waals surface area contributed by atoms with Gasteiger partial charge in [0.2, 0.25) is 21.8 Å². The van der Waals surface area contributed by atoms with Gasteiger partial charge >= 0.3 is 0 Å². The molecular formula is C26H33N3O4S. The van der Waals surface area contributed by atoms with Crippen LogP contribution in [0, 0.1) is 6.92 Å². The van der Waals surface area contributed by atoms with Gasteiger partial charge in [-0.15, -0.1) is 0 Å². The third-order valence-electron chi connectivity index (χ3n) is 6.66. The molecule has 0 saturated carbocycles. The van der Waals surface area contributed by atoms with Crippen molar-refractivity contribution in [3.63, 3.8) is 0 Å². The summed E-state index contributed by atoms with van der Waals surface area (Å²) in [5, 5.41) is 0. The predicted molar refractivity (Wildman–Crippen MR) is 132 cm³/mol. The second-order valence-corrected chi connectivity index (χ2v) is 11.0. The summed E-state index contributed by atoms with van der Waals surface area (Å²) in [5.41, 5.74) is 3.59. The van der Waals surface area contributed by atoms with Gasteiger partial charge < -0.3 is 9.80 Å². The van der Waals surface area contributed by atoms with Crippen molar-refractivity contribution in [3.8, 4) is 0 Å². The molecule has 0 radical (unpaired) electrons. The quantitative estimate of drug-likeness (QED) is 0.653. The number of nitrogens with zero attached hydrogens (tertiary/aromatic N) is 2. The van der Waals surface area contributed by atoms with Crippen LogP contribution in [0.15, 0.2) is 47.4 Å². The molecule has 1 N–H and O–H groups in total. The van der Waals surface area contributed by atoms with Gasteiger partial charge in [-0.1, -0.05) is 42.7 Å². The predicted octanol–water partition coefficient (Wildman–Crippen LogP) is 3.55. The average Bonchev–Trinajstić information content (AvgIpc) is 3.06. The molecule has 182 valence electrons. The SMILES string of the molecule is Cc1ccc(CNS(=O)(=O)c2ccc3c(c2)CCN3C(=O)CCC(=O)N2CCCCCC2)cc1. The Balaban J connectivity index is 1.36. The van der Waals surface area contributed by atoms with Gasteiger partial charge in [0, 0.05) is 44.7 Å². The number of nitrogens with one attached hydrogen (secondary N) is 1. The monoisotopic (exact) mass is 483 g/mol. The van der Waals surface area contributed by atoms with Gasteiger partial charge in [0.15, 0.2) is 0 Å². The van der Waals surface area contributed by atoms with Crippen LogP contribution in [-0.2, 0) is 32.6 Å². The van der Waals surface area contributed by atoms with Gasteiger partial charge in [0.1, 0.15) is 0 Å². The topological polar surface area (TPSA) is 86.8 Å². The Morgan fingerprint density at radius 3 is 2.26 bits per heavy atom. The van der Waals surface area contributed by atoms with Gasteiger partial charge in [-0.25, -0.2) is 13.1 Å².